The van der Waals surface area contributed by atoms with Gasteiger partial charge in [-0.2, -0.15) is 0 Å². The highest BCUT2D eigenvalue weighted by Crippen LogP contribution is 2.27. The molecular formula is C24H25F2N3O3S. The van der Waals surface area contributed by atoms with Crippen LogP contribution < -0.4 is 4.74 Å². The third kappa shape index (κ3) is 5.93. The second kappa shape index (κ2) is 10.8. The number of aromatic nitrogens is 1. The minimum absolute atomic E-state index is 0.0459. The van der Waals surface area contributed by atoms with E-state index in [-0.39, 0.29) is 12.5 Å². The summed E-state index contributed by atoms with van der Waals surface area (Å²) in [5.41, 5.74) is 1.88. The predicted molar refractivity (Wildman–Crippen MR) is 122 cm³/mol. The maximum Gasteiger partial charge on any atom is 0.273 e. The summed E-state index contributed by atoms with van der Waals surface area (Å²) in [7, 11) is 1.69. The van der Waals surface area contributed by atoms with Crippen molar-refractivity contribution in [3.05, 3.63) is 70.7 Å². The highest BCUT2D eigenvalue weighted by molar-refractivity contribution is 7.13. The molecule has 0 bridgehead atoms. The van der Waals surface area contributed by atoms with Crippen molar-refractivity contribution in [3.63, 3.8) is 0 Å². The Bertz CT molecular complexity index is 1080. The summed E-state index contributed by atoms with van der Waals surface area (Å²) in [5.74, 6) is -1.22. The van der Waals surface area contributed by atoms with Crippen molar-refractivity contribution in [2.75, 3.05) is 46.4 Å². The third-order valence-electron chi connectivity index (χ3n) is 5.49. The molecule has 4 rings (SSSR count). The summed E-state index contributed by atoms with van der Waals surface area (Å²) in [6.45, 7) is 4.72. The largest absolute Gasteiger partial charge is 0.489 e. The van der Waals surface area contributed by atoms with E-state index < -0.39 is 11.6 Å². The van der Waals surface area contributed by atoms with E-state index in [0.717, 1.165) is 42.3 Å². The van der Waals surface area contributed by atoms with Gasteiger partial charge in [0.25, 0.3) is 5.91 Å². The van der Waals surface area contributed by atoms with Crippen molar-refractivity contribution in [2.45, 2.75) is 6.61 Å². The van der Waals surface area contributed by atoms with Crippen molar-refractivity contribution in [2.24, 2.45) is 0 Å². The zero-order valence-corrected chi connectivity index (χ0v) is 19.1. The summed E-state index contributed by atoms with van der Waals surface area (Å²) in [5, 5.41) is 2.55. The fourth-order valence-corrected chi connectivity index (χ4v) is 4.35. The van der Waals surface area contributed by atoms with Gasteiger partial charge in [0.15, 0.2) is 11.6 Å². The number of carbonyl (C=O) groups excluding carboxylic acids is 1. The van der Waals surface area contributed by atoms with Crippen LogP contribution in [0.2, 0.25) is 0 Å². The number of hydrogen-bond acceptors (Lipinski definition) is 6. The number of benzene rings is 2. The summed E-state index contributed by atoms with van der Waals surface area (Å²) in [4.78, 5) is 21.5. The van der Waals surface area contributed by atoms with Crippen LogP contribution in [-0.2, 0) is 11.3 Å². The zero-order valence-electron chi connectivity index (χ0n) is 18.3. The molecule has 1 saturated heterocycles. The normalized spacial score (nSPS) is 14.5. The van der Waals surface area contributed by atoms with E-state index in [0.29, 0.717) is 36.7 Å². The van der Waals surface area contributed by atoms with Crippen LogP contribution >= 0.6 is 11.3 Å². The fraction of sp³-hybridized carbons (Fsp3) is 0.333. The maximum atomic E-state index is 13.3. The lowest BCUT2D eigenvalue weighted by molar-refractivity contribution is 0.0589. The summed E-state index contributed by atoms with van der Waals surface area (Å²) in [6.07, 6.45) is 0. The van der Waals surface area contributed by atoms with Gasteiger partial charge in [0.2, 0.25) is 0 Å². The van der Waals surface area contributed by atoms with E-state index in [1.165, 1.54) is 17.4 Å². The van der Waals surface area contributed by atoms with Crippen LogP contribution in [0.1, 0.15) is 16.1 Å². The van der Waals surface area contributed by atoms with Gasteiger partial charge >= 0.3 is 0 Å². The molecule has 0 aliphatic carbocycles. The van der Waals surface area contributed by atoms with Crippen LogP contribution in [-0.4, -0.2) is 67.1 Å². The van der Waals surface area contributed by atoms with Crippen molar-refractivity contribution in [3.8, 4) is 16.3 Å². The average Bonchev–Trinajstić information content (AvgIpc) is 3.34. The Morgan fingerprint density at radius 1 is 1.06 bits per heavy atom. The number of methoxy groups -OCH3 is 1. The summed E-state index contributed by atoms with van der Waals surface area (Å²) < 4.78 is 37.1. The van der Waals surface area contributed by atoms with E-state index in [4.69, 9.17) is 9.47 Å². The third-order valence-corrected chi connectivity index (χ3v) is 6.38. The molecule has 0 radical (unpaired) electrons. The van der Waals surface area contributed by atoms with Crippen LogP contribution in [0.4, 0.5) is 8.78 Å². The molecule has 1 aromatic heterocycles. The fourth-order valence-electron chi connectivity index (χ4n) is 3.55. The lowest BCUT2D eigenvalue weighted by atomic mass is 10.2. The number of thiazole rings is 1. The SMILES string of the molecule is COCCN1CCN(C(=O)c2csc(-c3ccc(OCc4ccc(F)c(F)c4)cc3)n2)CC1. The number of rotatable bonds is 8. The molecular weight excluding hydrogens is 448 g/mol. The molecule has 1 amide bonds. The summed E-state index contributed by atoms with van der Waals surface area (Å²) >= 11 is 1.42. The lowest BCUT2D eigenvalue weighted by Crippen LogP contribution is -2.49. The monoisotopic (exact) mass is 473 g/mol. The molecule has 1 aliphatic rings. The summed E-state index contributed by atoms with van der Waals surface area (Å²) in [6, 6.07) is 11.0. The Kier molecular flexibility index (Phi) is 7.64. The molecule has 0 atom stereocenters. The van der Waals surface area contributed by atoms with E-state index in [2.05, 4.69) is 9.88 Å². The van der Waals surface area contributed by atoms with E-state index >= 15 is 0 Å². The Balaban J connectivity index is 1.32. The van der Waals surface area contributed by atoms with Gasteiger partial charge in [-0.15, -0.1) is 11.3 Å². The van der Waals surface area contributed by atoms with E-state index in [1.54, 1.807) is 24.6 Å². The number of amides is 1. The molecule has 0 saturated carbocycles. The number of hydrogen-bond donors (Lipinski definition) is 0. The molecule has 1 aliphatic heterocycles. The zero-order chi connectivity index (χ0) is 23.2. The van der Waals surface area contributed by atoms with Gasteiger partial charge in [-0.3, -0.25) is 9.69 Å². The number of halogens is 2. The van der Waals surface area contributed by atoms with Crippen LogP contribution in [0.15, 0.2) is 47.8 Å². The molecule has 9 heteroatoms. The average molecular weight is 474 g/mol. The van der Waals surface area contributed by atoms with Gasteiger partial charge in [0, 0.05) is 50.8 Å². The van der Waals surface area contributed by atoms with Crippen LogP contribution in [0, 0.1) is 11.6 Å². The molecule has 2 heterocycles. The van der Waals surface area contributed by atoms with Crippen molar-refractivity contribution >= 4 is 17.2 Å². The molecule has 2 aromatic carbocycles. The van der Waals surface area contributed by atoms with Gasteiger partial charge in [0.1, 0.15) is 23.1 Å². The second-order valence-corrected chi connectivity index (χ2v) is 8.58. The number of piperazine rings is 1. The molecule has 0 spiro atoms. The first-order chi connectivity index (χ1) is 16.0. The van der Waals surface area contributed by atoms with Gasteiger partial charge in [-0.1, -0.05) is 6.07 Å². The lowest BCUT2D eigenvalue weighted by Gasteiger charge is -2.34. The Hall–Kier alpha value is -2.88. The van der Waals surface area contributed by atoms with Crippen molar-refractivity contribution in [1.29, 1.82) is 0 Å². The standard InChI is InChI=1S/C24H25F2N3O3S/c1-31-13-12-28-8-10-29(11-9-28)24(30)22-16-33-23(27-22)18-3-5-19(6-4-18)32-15-17-2-7-20(25)21(26)14-17/h2-7,14,16H,8-13,15H2,1H3. The first kappa shape index (κ1) is 23.3. The molecule has 3 aromatic rings. The molecule has 0 N–H and O–H groups in total. The van der Waals surface area contributed by atoms with Gasteiger partial charge in [-0.25, -0.2) is 13.8 Å². The minimum Gasteiger partial charge on any atom is -0.489 e. The van der Waals surface area contributed by atoms with Gasteiger partial charge in [0.05, 0.1) is 6.61 Å². The molecule has 33 heavy (non-hydrogen) atoms. The number of ether oxygens (including phenoxy) is 2. The van der Waals surface area contributed by atoms with Crippen molar-refractivity contribution < 1.29 is 23.0 Å². The molecule has 174 valence electrons. The smallest absolute Gasteiger partial charge is 0.273 e. The second-order valence-electron chi connectivity index (χ2n) is 7.73. The predicted octanol–water partition coefficient (Wildman–Crippen LogP) is 4.07. The maximum absolute atomic E-state index is 13.3. The van der Waals surface area contributed by atoms with E-state index in [9.17, 15) is 13.6 Å². The molecule has 1 fully saturated rings. The van der Waals surface area contributed by atoms with Gasteiger partial charge in [-0.05, 0) is 42.0 Å². The first-order valence-corrected chi connectivity index (χ1v) is 11.5. The highest BCUT2D eigenvalue weighted by Gasteiger charge is 2.23. The quantitative estimate of drug-likeness (QED) is 0.494. The Morgan fingerprint density at radius 3 is 2.52 bits per heavy atom. The topological polar surface area (TPSA) is 54.9 Å². The number of carbonyl (C=O) groups is 1. The minimum atomic E-state index is -0.895. The number of nitrogens with zero attached hydrogens (tertiary/aromatic N) is 3. The first-order valence-electron chi connectivity index (χ1n) is 10.7. The van der Waals surface area contributed by atoms with Gasteiger partial charge < -0.3 is 14.4 Å². The highest BCUT2D eigenvalue weighted by atomic mass is 32.1. The van der Waals surface area contributed by atoms with E-state index in [1.807, 2.05) is 17.0 Å². The molecule has 6 nitrogen and oxygen atoms in total. The van der Waals surface area contributed by atoms with Crippen molar-refractivity contribution in [1.82, 2.24) is 14.8 Å². The Labute approximate surface area is 195 Å². The Morgan fingerprint density at radius 2 is 1.82 bits per heavy atom. The van der Waals surface area contributed by atoms with Crippen LogP contribution in [0.3, 0.4) is 0 Å². The van der Waals surface area contributed by atoms with Crippen LogP contribution in [0.5, 0.6) is 5.75 Å². The molecule has 0 unspecified atom stereocenters. The van der Waals surface area contributed by atoms with Crippen LogP contribution in [0.25, 0.3) is 10.6 Å².